The van der Waals surface area contributed by atoms with Crippen LogP contribution in [-0.2, 0) is 0 Å². The van der Waals surface area contributed by atoms with Gasteiger partial charge in [0.15, 0.2) is 0 Å². The monoisotopic (exact) mass is 327 g/mol. The van der Waals surface area contributed by atoms with E-state index < -0.39 is 0 Å². The molecule has 2 aromatic rings. The molecule has 0 heterocycles. The molecule has 3 nitrogen and oxygen atoms in total. The minimum atomic E-state index is 0.485. The molecule has 0 fully saturated rings. The summed E-state index contributed by atoms with van der Waals surface area (Å²) in [5.74, 6) is 1.09. The van der Waals surface area contributed by atoms with E-state index in [2.05, 4.69) is 17.0 Å². The SMILES string of the molecule is CN(C)c1ccccc1.COc1cc(Cl)c(OC)cc1Cl. The first-order chi connectivity index (χ1) is 9.99. The predicted octanol–water partition coefficient (Wildman–Crippen LogP) is 4.76. The molecule has 114 valence electrons. The number of para-hydroxylation sites is 1. The lowest BCUT2D eigenvalue weighted by atomic mass is 10.3. The molecule has 0 aromatic heterocycles. The zero-order chi connectivity index (χ0) is 15.8. The summed E-state index contributed by atoms with van der Waals surface area (Å²) in [5.41, 5.74) is 1.25. The maximum atomic E-state index is 5.82. The van der Waals surface area contributed by atoms with E-state index in [1.807, 2.05) is 32.3 Å². The van der Waals surface area contributed by atoms with Crippen molar-refractivity contribution in [2.75, 3.05) is 33.2 Å². The third-order valence-electron chi connectivity index (χ3n) is 2.70. The molecule has 0 aliphatic rings. The molecule has 0 N–H and O–H groups in total. The summed E-state index contributed by atoms with van der Waals surface area (Å²) in [7, 11) is 7.14. The topological polar surface area (TPSA) is 21.7 Å². The highest BCUT2D eigenvalue weighted by molar-refractivity contribution is 6.35. The summed E-state index contributed by atoms with van der Waals surface area (Å²) in [6, 6.07) is 13.5. The fourth-order valence-corrected chi connectivity index (χ4v) is 2.01. The van der Waals surface area contributed by atoms with Gasteiger partial charge in [-0.2, -0.15) is 0 Å². The van der Waals surface area contributed by atoms with Crippen molar-refractivity contribution in [3.05, 3.63) is 52.5 Å². The quantitative estimate of drug-likeness (QED) is 0.810. The second-order valence-corrected chi connectivity index (χ2v) is 5.17. The number of benzene rings is 2. The Balaban J connectivity index is 0.000000219. The van der Waals surface area contributed by atoms with Crippen LogP contribution in [0.4, 0.5) is 5.69 Å². The average Bonchev–Trinajstić information content (AvgIpc) is 2.50. The van der Waals surface area contributed by atoms with Gasteiger partial charge in [-0.05, 0) is 12.1 Å². The molecule has 0 radical (unpaired) electrons. The summed E-state index contributed by atoms with van der Waals surface area (Å²) in [5, 5.41) is 0.970. The highest BCUT2D eigenvalue weighted by Crippen LogP contribution is 2.35. The van der Waals surface area contributed by atoms with E-state index in [-0.39, 0.29) is 0 Å². The number of halogens is 2. The molecular weight excluding hydrogens is 309 g/mol. The van der Waals surface area contributed by atoms with Crippen molar-refractivity contribution in [1.82, 2.24) is 0 Å². The minimum Gasteiger partial charge on any atom is -0.495 e. The fraction of sp³-hybridized carbons (Fsp3) is 0.250. The van der Waals surface area contributed by atoms with E-state index >= 15 is 0 Å². The van der Waals surface area contributed by atoms with Crippen molar-refractivity contribution in [2.45, 2.75) is 0 Å². The molecule has 0 saturated carbocycles. The van der Waals surface area contributed by atoms with Gasteiger partial charge in [0.2, 0.25) is 0 Å². The second kappa shape index (κ2) is 8.65. The highest BCUT2D eigenvalue weighted by Gasteiger charge is 2.06. The first kappa shape index (κ1) is 17.5. The number of nitrogens with zero attached hydrogens (tertiary/aromatic N) is 1. The van der Waals surface area contributed by atoms with Crippen LogP contribution in [0.1, 0.15) is 0 Å². The normalized spacial score (nSPS) is 9.43. The molecule has 0 aliphatic carbocycles. The third kappa shape index (κ3) is 5.37. The number of anilines is 1. The molecule has 0 saturated heterocycles. The van der Waals surface area contributed by atoms with Crippen LogP contribution in [-0.4, -0.2) is 28.3 Å². The van der Waals surface area contributed by atoms with Gasteiger partial charge in [0.25, 0.3) is 0 Å². The van der Waals surface area contributed by atoms with Crippen LogP contribution in [0.5, 0.6) is 11.5 Å². The lowest BCUT2D eigenvalue weighted by Gasteiger charge is -2.10. The predicted molar refractivity (Wildman–Crippen MR) is 90.3 cm³/mol. The Morgan fingerprint density at radius 3 is 1.52 bits per heavy atom. The molecule has 0 atom stereocenters. The van der Waals surface area contributed by atoms with Crippen LogP contribution in [0.2, 0.25) is 10.0 Å². The molecule has 0 amide bonds. The average molecular weight is 328 g/mol. The fourth-order valence-electron chi connectivity index (χ4n) is 1.55. The highest BCUT2D eigenvalue weighted by atomic mass is 35.5. The maximum absolute atomic E-state index is 5.82. The Kier molecular flexibility index (Phi) is 7.20. The zero-order valence-corrected chi connectivity index (χ0v) is 14.1. The number of rotatable bonds is 3. The van der Waals surface area contributed by atoms with Crippen LogP contribution in [0.25, 0.3) is 0 Å². The number of ether oxygens (including phenoxy) is 2. The Morgan fingerprint density at radius 2 is 1.24 bits per heavy atom. The van der Waals surface area contributed by atoms with E-state index in [0.29, 0.717) is 21.5 Å². The van der Waals surface area contributed by atoms with Crippen molar-refractivity contribution in [1.29, 1.82) is 0 Å². The summed E-state index contributed by atoms with van der Waals surface area (Å²) in [6.45, 7) is 0. The van der Waals surface area contributed by atoms with Crippen molar-refractivity contribution in [3.8, 4) is 11.5 Å². The molecule has 5 heteroatoms. The Labute approximate surface area is 136 Å². The Hall–Kier alpha value is -1.58. The standard InChI is InChI=1S/C8H8Cl2O2.C8H11N/c1-11-7-3-6(10)8(12-2)4-5(7)9;1-9(2)8-6-4-3-5-7-8/h3-4H,1-2H3;3-7H,1-2H3. The van der Waals surface area contributed by atoms with E-state index in [0.717, 1.165) is 0 Å². The van der Waals surface area contributed by atoms with E-state index in [9.17, 15) is 0 Å². The van der Waals surface area contributed by atoms with Crippen LogP contribution in [0.3, 0.4) is 0 Å². The van der Waals surface area contributed by atoms with Crippen molar-refractivity contribution in [3.63, 3.8) is 0 Å². The number of hydrogen-bond donors (Lipinski definition) is 0. The smallest absolute Gasteiger partial charge is 0.139 e. The number of methoxy groups -OCH3 is 2. The molecule has 0 bridgehead atoms. The van der Waals surface area contributed by atoms with Crippen LogP contribution >= 0.6 is 23.2 Å². The maximum Gasteiger partial charge on any atom is 0.139 e. The van der Waals surface area contributed by atoms with Gasteiger partial charge in [-0.15, -0.1) is 0 Å². The molecule has 0 unspecified atom stereocenters. The van der Waals surface area contributed by atoms with Crippen LogP contribution in [0.15, 0.2) is 42.5 Å². The third-order valence-corrected chi connectivity index (χ3v) is 3.29. The molecule has 2 rings (SSSR count). The molecular formula is C16H19Cl2NO2. The summed E-state index contributed by atoms with van der Waals surface area (Å²) >= 11 is 11.6. The summed E-state index contributed by atoms with van der Waals surface area (Å²) in [4.78, 5) is 2.08. The van der Waals surface area contributed by atoms with E-state index in [1.165, 1.54) is 19.9 Å². The minimum absolute atomic E-state index is 0.485. The van der Waals surface area contributed by atoms with Crippen molar-refractivity contribution >= 4 is 28.9 Å². The molecule has 0 aliphatic heterocycles. The Morgan fingerprint density at radius 1 is 0.810 bits per heavy atom. The summed E-state index contributed by atoms with van der Waals surface area (Å²) < 4.78 is 9.91. The second-order valence-electron chi connectivity index (χ2n) is 4.35. The van der Waals surface area contributed by atoms with Gasteiger partial charge in [-0.25, -0.2) is 0 Å². The van der Waals surface area contributed by atoms with Gasteiger partial charge >= 0.3 is 0 Å². The largest absolute Gasteiger partial charge is 0.495 e. The molecule has 21 heavy (non-hydrogen) atoms. The molecule has 2 aromatic carbocycles. The van der Waals surface area contributed by atoms with Gasteiger partial charge in [0, 0.05) is 31.9 Å². The first-order valence-corrected chi connectivity index (χ1v) is 7.04. The van der Waals surface area contributed by atoms with Crippen LogP contribution < -0.4 is 14.4 Å². The van der Waals surface area contributed by atoms with Crippen molar-refractivity contribution in [2.24, 2.45) is 0 Å². The molecule has 0 spiro atoms. The van der Waals surface area contributed by atoms with Gasteiger partial charge in [0.1, 0.15) is 11.5 Å². The lowest BCUT2D eigenvalue weighted by molar-refractivity contribution is 0.403. The van der Waals surface area contributed by atoms with Gasteiger partial charge in [-0.1, -0.05) is 41.4 Å². The zero-order valence-electron chi connectivity index (χ0n) is 12.6. The van der Waals surface area contributed by atoms with Gasteiger partial charge < -0.3 is 14.4 Å². The Bertz CT molecular complexity index is 530. The lowest BCUT2D eigenvalue weighted by Crippen LogP contribution is -2.07. The number of hydrogen-bond acceptors (Lipinski definition) is 3. The van der Waals surface area contributed by atoms with E-state index in [4.69, 9.17) is 32.7 Å². The van der Waals surface area contributed by atoms with Crippen molar-refractivity contribution < 1.29 is 9.47 Å². The van der Waals surface area contributed by atoms with Crippen LogP contribution in [0, 0.1) is 0 Å². The summed E-state index contributed by atoms with van der Waals surface area (Å²) in [6.07, 6.45) is 0. The van der Waals surface area contributed by atoms with E-state index in [1.54, 1.807) is 12.1 Å². The first-order valence-electron chi connectivity index (χ1n) is 6.29. The van der Waals surface area contributed by atoms with Gasteiger partial charge in [0.05, 0.1) is 24.3 Å². The van der Waals surface area contributed by atoms with Gasteiger partial charge in [-0.3, -0.25) is 0 Å².